The molecule has 0 bridgehead atoms. The summed E-state index contributed by atoms with van der Waals surface area (Å²) in [7, 11) is 0. The zero-order valence-corrected chi connectivity index (χ0v) is 14.8. The van der Waals surface area contributed by atoms with Crippen molar-refractivity contribution in [3.63, 3.8) is 0 Å². The highest BCUT2D eigenvalue weighted by atomic mass is 16.2. The topological polar surface area (TPSA) is 58.1 Å². The van der Waals surface area contributed by atoms with Gasteiger partial charge in [0.25, 0.3) is 5.91 Å². The van der Waals surface area contributed by atoms with E-state index in [1.165, 1.54) is 5.56 Å². The van der Waals surface area contributed by atoms with Gasteiger partial charge >= 0.3 is 0 Å². The molecule has 0 saturated carbocycles. The predicted octanol–water partition coefficient (Wildman–Crippen LogP) is 3.80. The van der Waals surface area contributed by atoms with E-state index >= 15 is 0 Å². The Kier molecular flexibility index (Phi) is 5.93. The van der Waals surface area contributed by atoms with Gasteiger partial charge in [0.15, 0.2) is 0 Å². The van der Waals surface area contributed by atoms with E-state index in [1.807, 2.05) is 55.5 Å². The number of para-hydroxylation sites is 1. The quantitative estimate of drug-likeness (QED) is 0.707. The molecular formula is C21H22N4O. The Labute approximate surface area is 153 Å². The number of carbonyl (C=O) groups is 1. The van der Waals surface area contributed by atoms with Crippen LogP contribution in [-0.2, 0) is 6.42 Å². The molecule has 0 aliphatic carbocycles. The number of aromatic nitrogens is 2. The van der Waals surface area contributed by atoms with E-state index in [4.69, 9.17) is 0 Å². The molecule has 1 amide bonds. The van der Waals surface area contributed by atoms with E-state index in [-0.39, 0.29) is 5.91 Å². The molecule has 132 valence electrons. The number of nitrogens with one attached hydrogen (secondary N) is 1. The van der Waals surface area contributed by atoms with Crippen molar-refractivity contribution < 1.29 is 4.79 Å². The summed E-state index contributed by atoms with van der Waals surface area (Å²) < 4.78 is 0. The third-order valence-corrected chi connectivity index (χ3v) is 4.07. The van der Waals surface area contributed by atoms with Gasteiger partial charge in [0.1, 0.15) is 0 Å². The van der Waals surface area contributed by atoms with Crippen LogP contribution in [0.1, 0.15) is 22.8 Å². The molecule has 5 nitrogen and oxygen atoms in total. The Balaban J connectivity index is 1.60. The van der Waals surface area contributed by atoms with Crippen molar-refractivity contribution >= 4 is 17.5 Å². The van der Waals surface area contributed by atoms with Gasteiger partial charge in [-0.25, -0.2) is 9.97 Å². The minimum atomic E-state index is -0.102. The standard InChI is InChI=1S/C21H22N4O/c1-2-25(19-11-7-4-8-12-19)20(26)18-15-23-21(24-16-18)22-14-13-17-9-5-3-6-10-17/h3-12,15-16H,2,13-14H2,1H3,(H,22,23,24). The van der Waals surface area contributed by atoms with E-state index in [2.05, 4.69) is 27.4 Å². The summed E-state index contributed by atoms with van der Waals surface area (Å²) in [5.74, 6) is 0.426. The van der Waals surface area contributed by atoms with Crippen molar-refractivity contribution in [2.45, 2.75) is 13.3 Å². The third kappa shape index (κ3) is 4.45. The minimum Gasteiger partial charge on any atom is -0.354 e. The zero-order chi connectivity index (χ0) is 18.2. The van der Waals surface area contributed by atoms with Crippen LogP contribution in [0.5, 0.6) is 0 Å². The van der Waals surface area contributed by atoms with Crippen LogP contribution >= 0.6 is 0 Å². The number of hydrogen-bond donors (Lipinski definition) is 1. The largest absolute Gasteiger partial charge is 0.354 e. The van der Waals surface area contributed by atoms with Gasteiger partial charge in [0, 0.05) is 31.2 Å². The Morgan fingerprint density at radius 1 is 0.962 bits per heavy atom. The maximum absolute atomic E-state index is 12.7. The third-order valence-electron chi connectivity index (χ3n) is 4.07. The van der Waals surface area contributed by atoms with Crippen molar-refractivity contribution in [2.24, 2.45) is 0 Å². The molecule has 5 heteroatoms. The molecule has 0 atom stereocenters. The summed E-state index contributed by atoms with van der Waals surface area (Å²) in [5, 5.41) is 3.19. The van der Waals surface area contributed by atoms with Gasteiger partial charge in [-0.15, -0.1) is 0 Å². The van der Waals surface area contributed by atoms with Crippen molar-refractivity contribution in [3.8, 4) is 0 Å². The normalized spacial score (nSPS) is 10.3. The van der Waals surface area contributed by atoms with Crippen molar-refractivity contribution in [1.29, 1.82) is 0 Å². The molecule has 0 saturated heterocycles. The van der Waals surface area contributed by atoms with E-state index in [1.54, 1.807) is 17.3 Å². The fourth-order valence-electron chi connectivity index (χ4n) is 2.70. The van der Waals surface area contributed by atoms with Crippen LogP contribution in [0.15, 0.2) is 73.1 Å². The fraction of sp³-hybridized carbons (Fsp3) is 0.190. The van der Waals surface area contributed by atoms with E-state index in [9.17, 15) is 4.79 Å². The van der Waals surface area contributed by atoms with Gasteiger partial charge in [-0.3, -0.25) is 4.79 Å². The van der Waals surface area contributed by atoms with Crippen LogP contribution in [0.3, 0.4) is 0 Å². The molecule has 26 heavy (non-hydrogen) atoms. The first kappa shape index (κ1) is 17.6. The lowest BCUT2D eigenvalue weighted by Crippen LogP contribution is -2.30. The molecule has 1 N–H and O–H groups in total. The highest BCUT2D eigenvalue weighted by molar-refractivity contribution is 6.05. The van der Waals surface area contributed by atoms with Crippen LogP contribution in [-0.4, -0.2) is 29.0 Å². The number of nitrogens with zero attached hydrogens (tertiary/aromatic N) is 3. The molecule has 1 aromatic heterocycles. The van der Waals surface area contributed by atoms with Gasteiger partial charge < -0.3 is 10.2 Å². The zero-order valence-electron chi connectivity index (χ0n) is 14.8. The summed E-state index contributed by atoms with van der Waals surface area (Å²) in [6.07, 6.45) is 4.04. The van der Waals surface area contributed by atoms with E-state index in [0.717, 1.165) is 18.7 Å². The maximum atomic E-state index is 12.7. The summed E-state index contributed by atoms with van der Waals surface area (Å²) in [6.45, 7) is 3.27. The monoisotopic (exact) mass is 346 g/mol. The first-order chi connectivity index (χ1) is 12.8. The predicted molar refractivity (Wildman–Crippen MR) is 104 cm³/mol. The lowest BCUT2D eigenvalue weighted by Gasteiger charge is -2.20. The van der Waals surface area contributed by atoms with Gasteiger partial charge in [-0.05, 0) is 31.0 Å². The van der Waals surface area contributed by atoms with Crippen LogP contribution in [0, 0.1) is 0 Å². The Bertz CT molecular complexity index is 820. The van der Waals surface area contributed by atoms with Crippen LogP contribution in [0.2, 0.25) is 0 Å². The van der Waals surface area contributed by atoms with Gasteiger partial charge in [0.2, 0.25) is 5.95 Å². The van der Waals surface area contributed by atoms with Crippen LogP contribution < -0.4 is 10.2 Å². The maximum Gasteiger partial charge on any atom is 0.261 e. The van der Waals surface area contributed by atoms with E-state index in [0.29, 0.717) is 18.1 Å². The molecule has 3 aromatic rings. The summed E-state index contributed by atoms with van der Waals surface area (Å²) in [4.78, 5) is 23.0. The van der Waals surface area contributed by atoms with Crippen molar-refractivity contribution in [2.75, 3.05) is 23.3 Å². The highest BCUT2D eigenvalue weighted by Crippen LogP contribution is 2.16. The molecule has 2 aromatic carbocycles. The lowest BCUT2D eigenvalue weighted by molar-refractivity contribution is 0.0987. The number of hydrogen-bond acceptors (Lipinski definition) is 4. The minimum absolute atomic E-state index is 0.102. The number of carbonyl (C=O) groups excluding carboxylic acids is 1. The van der Waals surface area contributed by atoms with Gasteiger partial charge in [0.05, 0.1) is 5.56 Å². The molecule has 0 spiro atoms. The number of amides is 1. The molecule has 0 fully saturated rings. The number of rotatable bonds is 7. The summed E-state index contributed by atoms with van der Waals surface area (Å²) in [6, 6.07) is 19.8. The second-order valence-electron chi connectivity index (χ2n) is 5.84. The second-order valence-corrected chi connectivity index (χ2v) is 5.84. The molecular weight excluding hydrogens is 324 g/mol. The first-order valence-electron chi connectivity index (χ1n) is 8.74. The SMILES string of the molecule is CCN(C(=O)c1cnc(NCCc2ccccc2)nc1)c1ccccc1. The molecule has 0 radical (unpaired) electrons. The number of anilines is 2. The van der Waals surface area contributed by atoms with E-state index < -0.39 is 0 Å². The van der Waals surface area contributed by atoms with Gasteiger partial charge in [-0.1, -0.05) is 48.5 Å². The molecule has 0 aliphatic rings. The Hall–Kier alpha value is -3.21. The van der Waals surface area contributed by atoms with Crippen LogP contribution in [0.4, 0.5) is 11.6 Å². The lowest BCUT2D eigenvalue weighted by atomic mass is 10.1. The molecule has 3 rings (SSSR count). The van der Waals surface area contributed by atoms with Crippen molar-refractivity contribution in [1.82, 2.24) is 9.97 Å². The number of benzene rings is 2. The average molecular weight is 346 g/mol. The second kappa shape index (κ2) is 8.76. The van der Waals surface area contributed by atoms with Crippen LogP contribution in [0.25, 0.3) is 0 Å². The fourth-order valence-corrected chi connectivity index (χ4v) is 2.70. The first-order valence-corrected chi connectivity index (χ1v) is 8.74. The smallest absolute Gasteiger partial charge is 0.261 e. The Morgan fingerprint density at radius 3 is 2.19 bits per heavy atom. The summed E-state index contributed by atoms with van der Waals surface area (Å²) in [5.41, 5.74) is 2.60. The van der Waals surface area contributed by atoms with Gasteiger partial charge in [-0.2, -0.15) is 0 Å². The van der Waals surface area contributed by atoms with Crippen molar-refractivity contribution in [3.05, 3.63) is 84.2 Å². The molecule has 0 aliphatic heterocycles. The molecule has 0 unspecified atom stereocenters. The Morgan fingerprint density at radius 2 is 1.58 bits per heavy atom. The summed E-state index contributed by atoms with van der Waals surface area (Å²) >= 11 is 0. The highest BCUT2D eigenvalue weighted by Gasteiger charge is 2.16. The average Bonchev–Trinajstić information content (AvgIpc) is 2.71. The molecule has 1 heterocycles.